The van der Waals surface area contributed by atoms with E-state index in [0.29, 0.717) is 29.4 Å². The van der Waals surface area contributed by atoms with Crippen molar-refractivity contribution < 1.29 is 26.4 Å². The van der Waals surface area contributed by atoms with E-state index in [-0.39, 0.29) is 4.90 Å². The Morgan fingerprint density at radius 2 is 1.57 bits per heavy atom. The first-order valence-electron chi connectivity index (χ1n) is 11.5. The summed E-state index contributed by atoms with van der Waals surface area (Å²) in [5, 5.41) is 2.66. The number of benzene rings is 3. The number of rotatable bonds is 10. The third-order valence-electron chi connectivity index (χ3n) is 5.56. The van der Waals surface area contributed by atoms with Crippen LogP contribution in [0.15, 0.2) is 71.6 Å². The van der Waals surface area contributed by atoms with Crippen LogP contribution in [-0.4, -0.2) is 41.6 Å². The number of amides is 1. The van der Waals surface area contributed by atoms with Gasteiger partial charge in [-0.05, 0) is 93.4 Å². The number of nitrogens with zero attached hydrogens (tertiary/aromatic N) is 1. The highest BCUT2D eigenvalue weighted by Gasteiger charge is 2.29. The molecule has 0 heterocycles. The molecule has 0 aliphatic rings. The lowest BCUT2D eigenvalue weighted by atomic mass is 10.1. The molecule has 0 fully saturated rings. The number of hydrogen-bond donors (Lipinski definition) is 2. The second kappa shape index (κ2) is 11.2. The van der Waals surface area contributed by atoms with Crippen LogP contribution in [0.3, 0.4) is 0 Å². The monoisotopic (exact) mass is 545 g/mol. The molecule has 1 amide bonds. The minimum Gasteiger partial charge on any atom is -0.494 e. The van der Waals surface area contributed by atoms with E-state index >= 15 is 0 Å². The Morgan fingerprint density at radius 3 is 2.14 bits per heavy atom. The molecular weight excluding hydrogens is 514 g/mol. The molecule has 3 aromatic rings. The average Bonchev–Trinajstić information content (AvgIpc) is 2.82. The van der Waals surface area contributed by atoms with Crippen molar-refractivity contribution in [3.63, 3.8) is 0 Å². The highest BCUT2D eigenvalue weighted by molar-refractivity contribution is 7.92. The smallest absolute Gasteiger partial charge is 0.261 e. The summed E-state index contributed by atoms with van der Waals surface area (Å²) >= 11 is 0. The van der Waals surface area contributed by atoms with Crippen LogP contribution >= 0.6 is 0 Å². The van der Waals surface area contributed by atoms with Gasteiger partial charge in [-0.2, -0.15) is 0 Å². The minimum atomic E-state index is -3.85. The van der Waals surface area contributed by atoms with Crippen LogP contribution in [0.1, 0.15) is 25.0 Å². The van der Waals surface area contributed by atoms with Gasteiger partial charge in [0.05, 0.1) is 29.1 Å². The first-order chi connectivity index (χ1) is 17.3. The normalized spacial score (nSPS) is 12.5. The van der Waals surface area contributed by atoms with Gasteiger partial charge in [-0.25, -0.2) is 16.8 Å². The van der Waals surface area contributed by atoms with Gasteiger partial charge in [0.2, 0.25) is 15.9 Å². The Kier molecular flexibility index (Phi) is 8.49. The standard InChI is InChI=1S/C26H31N3O6S2/c1-6-35-23-13-11-22(12-14-23)29(36(5,31)32)20(4)26(30)27-21-9-15-24(16-10-21)37(33,34)28-25-17-18(2)7-8-19(25)3/h7-17,20,28H,6H2,1-5H3,(H,27,30)/t20-/m1/s1. The van der Waals surface area contributed by atoms with Gasteiger partial charge in [0, 0.05) is 5.69 Å². The van der Waals surface area contributed by atoms with Gasteiger partial charge in [-0.1, -0.05) is 12.1 Å². The number of hydrogen-bond acceptors (Lipinski definition) is 6. The van der Waals surface area contributed by atoms with Crippen molar-refractivity contribution in [2.45, 2.75) is 38.6 Å². The molecule has 0 aliphatic carbocycles. The fraction of sp³-hybridized carbons (Fsp3) is 0.269. The van der Waals surface area contributed by atoms with Gasteiger partial charge in [0.1, 0.15) is 11.8 Å². The van der Waals surface area contributed by atoms with Crippen molar-refractivity contribution in [3.05, 3.63) is 77.9 Å². The topological polar surface area (TPSA) is 122 Å². The summed E-state index contributed by atoms with van der Waals surface area (Å²) in [4.78, 5) is 13.0. The number of sulfonamides is 2. The van der Waals surface area contributed by atoms with E-state index in [2.05, 4.69) is 10.0 Å². The molecule has 3 rings (SSSR count). The molecule has 0 spiro atoms. The fourth-order valence-corrected chi connectivity index (χ4v) is 5.97. The van der Waals surface area contributed by atoms with Crippen molar-refractivity contribution in [1.29, 1.82) is 0 Å². The zero-order valence-electron chi connectivity index (χ0n) is 21.3. The SMILES string of the molecule is CCOc1ccc(N([C@H](C)C(=O)Nc2ccc(S(=O)(=O)Nc3cc(C)ccc3C)cc2)S(C)(=O)=O)cc1. The van der Waals surface area contributed by atoms with Gasteiger partial charge in [0.15, 0.2) is 0 Å². The number of nitrogens with one attached hydrogen (secondary N) is 2. The lowest BCUT2D eigenvalue weighted by Crippen LogP contribution is -2.45. The van der Waals surface area contributed by atoms with E-state index < -0.39 is 32.0 Å². The van der Waals surface area contributed by atoms with Crippen LogP contribution in [-0.2, 0) is 24.8 Å². The summed E-state index contributed by atoms with van der Waals surface area (Å²) < 4.78 is 59.8. The predicted octanol–water partition coefficient (Wildman–Crippen LogP) is 4.30. The van der Waals surface area contributed by atoms with Gasteiger partial charge in [-0.3, -0.25) is 13.8 Å². The zero-order valence-corrected chi connectivity index (χ0v) is 23.0. The Bertz CT molecular complexity index is 1470. The third-order valence-corrected chi connectivity index (χ3v) is 8.18. The quantitative estimate of drug-likeness (QED) is 0.392. The van der Waals surface area contributed by atoms with Crippen LogP contribution in [0.25, 0.3) is 0 Å². The zero-order chi connectivity index (χ0) is 27.4. The molecule has 0 aliphatic heterocycles. The van der Waals surface area contributed by atoms with Gasteiger partial charge < -0.3 is 10.1 Å². The maximum Gasteiger partial charge on any atom is 0.261 e. The average molecular weight is 546 g/mol. The molecule has 0 saturated carbocycles. The summed E-state index contributed by atoms with van der Waals surface area (Å²) in [6, 6.07) is 16.4. The third kappa shape index (κ3) is 7.01. The largest absolute Gasteiger partial charge is 0.494 e. The van der Waals surface area contributed by atoms with Gasteiger partial charge >= 0.3 is 0 Å². The molecule has 3 aromatic carbocycles. The van der Waals surface area contributed by atoms with Crippen LogP contribution in [0.5, 0.6) is 5.75 Å². The van der Waals surface area contributed by atoms with Gasteiger partial charge in [0.25, 0.3) is 10.0 Å². The van der Waals surface area contributed by atoms with Crippen molar-refractivity contribution in [1.82, 2.24) is 0 Å². The molecular formula is C26H31N3O6S2. The molecule has 0 radical (unpaired) electrons. The first-order valence-corrected chi connectivity index (χ1v) is 14.9. The summed E-state index contributed by atoms with van der Waals surface area (Å²) in [5.41, 5.74) is 2.83. The van der Waals surface area contributed by atoms with E-state index in [4.69, 9.17) is 4.74 Å². The number of anilines is 3. The number of ether oxygens (including phenoxy) is 1. The van der Waals surface area contributed by atoms with Crippen molar-refractivity contribution in [2.75, 3.05) is 27.2 Å². The summed E-state index contributed by atoms with van der Waals surface area (Å²) in [6.07, 6.45) is 1.02. The fourth-order valence-electron chi connectivity index (χ4n) is 3.68. The number of aryl methyl sites for hydroxylation is 2. The van der Waals surface area contributed by atoms with Crippen molar-refractivity contribution >= 4 is 43.0 Å². The molecule has 9 nitrogen and oxygen atoms in total. The lowest BCUT2D eigenvalue weighted by Gasteiger charge is -2.28. The molecule has 11 heteroatoms. The maximum absolute atomic E-state index is 13.0. The van der Waals surface area contributed by atoms with Crippen LogP contribution in [0.2, 0.25) is 0 Å². The Hall–Kier alpha value is -3.57. The van der Waals surface area contributed by atoms with Gasteiger partial charge in [-0.15, -0.1) is 0 Å². The molecule has 0 bridgehead atoms. The number of carbonyl (C=O) groups excluding carboxylic acids is 1. The Morgan fingerprint density at radius 1 is 0.946 bits per heavy atom. The highest BCUT2D eigenvalue weighted by Crippen LogP contribution is 2.25. The second-order valence-electron chi connectivity index (χ2n) is 8.60. The van der Waals surface area contributed by atoms with Crippen LogP contribution in [0, 0.1) is 13.8 Å². The molecule has 1 atom stereocenters. The molecule has 0 saturated heterocycles. The Labute approximate surface area is 218 Å². The molecule has 37 heavy (non-hydrogen) atoms. The van der Waals surface area contributed by atoms with E-state index in [9.17, 15) is 21.6 Å². The molecule has 0 aromatic heterocycles. The van der Waals surface area contributed by atoms with E-state index in [1.807, 2.05) is 32.9 Å². The number of carbonyl (C=O) groups is 1. The second-order valence-corrected chi connectivity index (χ2v) is 12.1. The van der Waals surface area contributed by atoms with Crippen molar-refractivity contribution in [3.8, 4) is 5.75 Å². The van der Waals surface area contributed by atoms with E-state index in [1.54, 1.807) is 30.3 Å². The van der Waals surface area contributed by atoms with Crippen molar-refractivity contribution in [2.24, 2.45) is 0 Å². The molecule has 0 unspecified atom stereocenters. The summed E-state index contributed by atoms with van der Waals surface area (Å²) in [6.45, 7) is 7.46. The highest BCUT2D eigenvalue weighted by atomic mass is 32.2. The maximum atomic E-state index is 13.0. The lowest BCUT2D eigenvalue weighted by molar-refractivity contribution is -0.116. The molecule has 198 valence electrons. The van der Waals surface area contributed by atoms with E-state index in [1.165, 1.54) is 31.2 Å². The van der Waals surface area contributed by atoms with Crippen LogP contribution in [0.4, 0.5) is 17.1 Å². The summed E-state index contributed by atoms with van der Waals surface area (Å²) in [5.74, 6) is 0.00215. The first kappa shape index (κ1) is 28.0. The minimum absolute atomic E-state index is 0.0200. The summed E-state index contributed by atoms with van der Waals surface area (Å²) in [7, 11) is -7.65. The Balaban J connectivity index is 1.76. The predicted molar refractivity (Wildman–Crippen MR) is 146 cm³/mol. The van der Waals surface area contributed by atoms with E-state index in [0.717, 1.165) is 21.7 Å². The van der Waals surface area contributed by atoms with Crippen LogP contribution < -0.4 is 19.1 Å². The molecule has 2 N–H and O–H groups in total.